The number of hydrogen-bond acceptors (Lipinski definition) is 4. The fourth-order valence-electron chi connectivity index (χ4n) is 6.12. The molecule has 1 heterocycles. The van der Waals surface area contributed by atoms with E-state index in [0.717, 1.165) is 37.9 Å². The fourth-order valence-corrected chi connectivity index (χ4v) is 10.7. The topological polar surface area (TPSA) is 73.2 Å². The molecule has 8 heteroatoms. The molecule has 48 heavy (non-hydrogen) atoms. The number of aromatic nitrogens is 1. The predicted molar refractivity (Wildman–Crippen MR) is 193 cm³/mol. The summed E-state index contributed by atoms with van der Waals surface area (Å²) in [6.07, 6.45) is 0. The van der Waals surface area contributed by atoms with Crippen LogP contribution in [0.2, 0.25) is 0 Å². The van der Waals surface area contributed by atoms with Gasteiger partial charge in [0, 0.05) is 28.9 Å². The zero-order valence-corrected chi connectivity index (χ0v) is 29.2. The zero-order valence-electron chi connectivity index (χ0n) is 26.8. The van der Waals surface area contributed by atoms with E-state index in [4.69, 9.17) is 0 Å². The van der Waals surface area contributed by atoms with E-state index in [0.29, 0.717) is 0 Å². The fraction of sp³-hybridized carbons (Fsp3) is 0.100. The summed E-state index contributed by atoms with van der Waals surface area (Å²) in [7, 11) is -8.07. The van der Waals surface area contributed by atoms with Crippen molar-refractivity contribution in [2.45, 2.75) is 61.6 Å². The van der Waals surface area contributed by atoms with Crippen LogP contribution in [0.25, 0.3) is 21.8 Å². The van der Waals surface area contributed by atoms with E-state index < -0.39 is 30.6 Å². The lowest BCUT2D eigenvalue weighted by molar-refractivity contribution is 0.594. The maximum absolute atomic E-state index is 13.5. The minimum Gasteiger partial charge on any atom is -0.341 e. The van der Waals surface area contributed by atoms with Crippen LogP contribution in [0.3, 0.4) is 0 Å². The van der Waals surface area contributed by atoms with E-state index in [1.807, 2.05) is 38.1 Å². The van der Waals surface area contributed by atoms with Gasteiger partial charge in [0.1, 0.15) is 0 Å². The molecule has 0 saturated carbocycles. The van der Waals surface area contributed by atoms with Crippen LogP contribution in [0.5, 0.6) is 0 Å². The van der Waals surface area contributed by atoms with Crippen LogP contribution in [-0.2, 0) is 37.1 Å². The average molecular weight is 689 g/mol. The molecule has 0 aliphatic rings. The second kappa shape index (κ2) is 12.4. The Morgan fingerprint density at radius 3 is 1.33 bits per heavy atom. The van der Waals surface area contributed by atoms with Crippen LogP contribution in [0.4, 0.5) is 0 Å². The molecular weight excluding hydrogens is 655 g/mol. The van der Waals surface area contributed by atoms with Crippen molar-refractivity contribution in [1.82, 2.24) is 4.57 Å². The van der Waals surface area contributed by atoms with E-state index in [1.165, 1.54) is 16.3 Å². The largest absolute Gasteiger partial charge is 0.341 e. The van der Waals surface area contributed by atoms with Gasteiger partial charge in [-0.05, 0) is 112 Å². The molecule has 0 aliphatic carbocycles. The second-order valence-electron chi connectivity index (χ2n) is 11.8. The van der Waals surface area contributed by atoms with Gasteiger partial charge in [-0.15, -0.1) is 0 Å². The number of nitrogens with zero attached hydrogens (tertiary/aromatic N) is 1. The molecule has 0 bridgehead atoms. The molecule has 0 spiro atoms. The summed E-state index contributed by atoms with van der Waals surface area (Å²) in [5, 5.41) is 2.36. The lowest BCUT2D eigenvalue weighted by Crippen LogP contribution is -2.08. The van der Waals surface area contributed by atoms with E-state index in [2.05, 4.69) is 54.0 Å². The maximum Gasteiger partial charge on any atom is 0.206 e. The molecule has 0 radical (unpaired) electrons. The second-order valence-corrected chi connectivity index (χ2v) is 17.7. The van der Waals surface area contributed by atoms with E-state index in [-0.39, 0.29) is 19.6 Å². The minimum atomic E-state index is -3.70. The lowest BCUT2D eigenvalue weighted by Gasteiger charge is -2.11. The first-order valence-corrected chi connectivity index (χ1v) is 19.9. The van der Waals surface area contributed by atoms with Gasteiger partial charge in [0.25, 0.3) is 0 Å². The van der Waals surface area contributed by atoms with Gasteiger partial charge in [0.15, 0.2) is 14.7 Å². The quantitative estimate of drug-likeness (QED) is 0.149. The standard InChI is InChI=1S/C40H34NO4S3/c1-4-41-39-8-6-5-7-37(39)38-26-17-32(27-40(38)41)46(30-13-22-35(23-14-30)47(42,43)33-18-9-28(2)10-19-33)31-15-24-36(25-16-31)48(44,45)34-20-11-29(3)12-21-34/h5-27H,4H2,1-3H3/q+1. The van der Waals surface area contributed by atoms with Crippen molar-refractivity contribution < 1.29 is 16.8 Å². The molecular formula is C40H34NO4S3+. The van der Waals surface area contributed by atoms with Crippen molar-refractivity contribution in [2.24, 2.45) is 0 Å². The molecule has 1 aromatic heterocycles. The van der Waals surface area contributed by atoms with Gasteiger partial charge < -0.3 is 4.57 Å². The number of para-hydroxylation sites is 1. The summed E-state index contributed by atoms with van der Waals surface area (Å²) < 4.78 is 56.2. The Kier molecular flexibility index (Phi) is 8.27. The van der Waals surface area contributed by atoms with Gasteiger partial charge >= 0.3 is 0 Å². The Balaban J connectivity index is 1.35. The average Bonchev–Trinajstić information content (AvgIpc) is 3.42. The summed E-state index contributed by atoms with van der Waals surface area (Å²) in [4.78, 5) is 3.84. The molecule has 0 N–H and O–H groups in total. The Hall–Kier alpha value is -4.63. The normalized spacial score (nSPS) is 12.2. The van der Waals surface area contributed by atoms with Crippen molar-refractivity contribution in [1.29, 1.82) is 0 Å². The van der Waals surface area contributed by atoms with Crippen molar-refractivity contribution in [3.8, 4) is 0 Å². The van der Waals surface area contributed by atoms with Crippen LogP contribution in [0.15, 0.2) is 174 Å². The minimum absolute atomic E-state index is 0.222. The summed E-state index contributed by atoms with van der Waals surface area (Å²) in [6.45, 7) is 6.79. The van der Waals surface area contributed by atoms with Crippen molar-refractivity contribution >= 4 is 52.4 Å². The highest BCUT2D eigenvalue weighted by molar-refractivity contribution is 7.97. The molecule has 0 atom stereocenters. The van der Waals surface area contributed by atoms with Gasteiger partial charge in [-0.25, -0.2) is 16.8 Å². The van der Waals surface area contributed by atoms with Crippen LogP contribution in [0.1, 0.15) is 18.1 Å². The van der Waals surface area contributed by atoms with Crippen molar-refractivity contribution in [2.75, 3.05) is 0 Å². The van der Waals surface area contributed by atoms with Crippen LogP contribution in [0, 0.1) is 13.8 Å². The number of benzene rings is 6. The molecule has 6 aromatic carbocycles. The number of rotatable bonds is 8. The highest BCUT2D eigenvalue weighted by atomic mass is 32.2. The summed E-state index contributed by atoms with van der Waals surface area (Å²) in [5.74, 6) is 0. The molecule has 5 nitrogen and oxygen atoms in total. The first-order chi connectivity index (χ1) is 23.1. The van der Waals surface area contributed by atoms with E-state index >= 15 is 0 Å². The molecule has 7 aromatic rings. The van der Waals surface area contributed by atoms with Gasteiger partial charge in [-0.1, -0.05) is 53.6 Å². The predicted octanol–water partition coefficient (Wildman–Crippen LogP) is 9.19. The SMILES string of the molecule is CCn1c2ccccc2c2ccc([S+](c3ccc(S(=O)(=O)c4ccc(C)cc4)cc3)c3ccc(S(=O)(=O)c4ccc(C)cc4)cc3)cc21. The van der Waals surface area contributed by atoms with Crippen LogP contribution >= 0.6 is 0 Å². The third-order valence-corrected chi connectivity index (χ3v) is 14.5. The zero-order chi connectivity index (χ0) is 33.6. The molecule has 0 amide bonds. The first-order valence-electron chi connectivity index (χ1n) is 15.7. The monoisotopic (exact) mass is 688 g/mol. The highest BCUT2D eigenvalue weighted by Gasteiger charge is 2.31. The lowest BCUT2D eigenvalue weighted by atomic mass is 10.2. The number of hydrogen-bond donors (Lipinski definition) is 0. The van der Waals surface area contributed by atoms with Crippen LogP contribution in [-0.4, -0.2) is 21.4 Å². The van der Waals surface area contributed by atoms with Crippen molar-refractivity contribution in [3.63, 3.8) is 0 Å². The Labute approximate surface area is 284 Å². The first kappa shape index (κ1) is 31.9. The molecule has 7 rings (SSSR count). The van der Waals surface area contributed by atoms with Crippen molar-refractivity contribution in [3.05, 3.63) is 151 Å². The summed E-state index contributed by atoms with van der Waals surface area (Å²) in [6, 6.07) is 42.8. The van der Waals surface area contributed by atoms with E-state index in [9.17, 15) is 16.8 Å². The number of fused-ring (bicyclic) bond motifs is 3. The third-order valence-electron chi connectivity index (χ3n) is 8.70. The summed E-state index contributed by atoms with van der Waals surface area (Å²) in [5.41, 5.74) is 4.27. The van der Waals surface area contributed by atoms with Gasteiger partial charge in [-0.2, -0.15) is 0 Å². The number of aryl methyl sites for hydroxylation is 3. The molecule has 0 fully saturated rings. The third kappa shape index (κ3) is 5.64. The molecule has 0 saturated heterocycles. The highest BCUT2D eigenvalue weighted by Crippen LogP contribution is 2.37. The molecule has 0 unspecified atom stereocenters. The van der Waals surface area contributed by atoms with Gasteiger partial charge in [-0.3, -0.25) is 0 Å². The maximum atomic E-state index is 13.5. The van der Waals surface area contributed by atoms with E-state index in [1.54, 1.807) is 72.8 Å². The Morgan fingerprint density at radius 2 is 0.875 bits per heavy atom. The molecule has 0 aliphatic heterocycles. The smallest absolute Gasteiger partial charge is 0.206 e. The van der Waals surface area contributed by atoms with Gasteiger partial charge in [0.2, 0.25) is 19.7 Å². The van der Waals surface area contributed by atoms with Crippen LogP contribution < -0.4 is 0 Å². The molecule has 240 valence electrons. The number of sulfone groups is 2. The Morgan fingerprint density at radius 1 is 0.479 bits per heavy atom. The van der Waals surface area contributed by atoms with Gasteiger partial charge in [0.05, 0.1) is 36.0 Å². The summed E-state index contributed by atoms with van der Waals surface area (Å²) >= 11 is 0. The Bertz CT molecular complexity index is 2380.